The van der Waals surface area contributed by atoms with Crippen molar-refractivity contribution < 1.29 is 13.2 Å². The molecule has 0 amide bonds. The number of benzene rings is 1. The summed E-state index contributed by atoms with van der Waals surface area (Å²) >= 11 is 2.60. The lowest BCUT2D eigenvalue weighted by molar-refractivity contribution is -0.146. The Kier molecular flexibility index (Phi) is 3.92. The number of fused-ring (bicyclic) bond motifs is 1. The van der Waals surface area contributed by atoms with Gasteiger partial charge in [-0.1, -0.05) is 30.3 Å². The van der Waals surface area contributed by atoms with Crippen LogP contribution in [0.3, 0.4) is 0 Å². The molecule has 4 aromatic rings. The number of thiazole rings is 1. The highest BCUT2D eigenvalue weighted by Gasteiger charge is 2.37. The number of alkyl halides is 3. The van der Waals surface area contributed by atoms with Crippen molar-refractivity contribution in [3.8, 4) is 11.3 Å². The van der Waals surface area contributed by atoms with E-state index in [1.165, 1.54) is 29.2 Å². The summed E-state index contributed by atoms with van der Waals surface area (Å²) < 4.78 is 40.2. The van der Waals surface area contributed by atoms with E-state index in [2.05, 4.69) is 20.3 Å². The number of hydrogen-bond acceptors (Lipinski definition) is 6. The Balaban J connectivity index is 1.64. The van der Waals surface area contributed by atoms with Crippen molar-refractivity contribution in [2.75, 3.05) is 0 Å². The van der Waals surface area contributed by atoms with E-state index in [0.717, 1.165) is 11.3 Å². The van der Waals surface area contributed by atoms with Gasteiger partial charge in [-0.15, -0.1) is 21.5 Å². The van der Waals surface area contributed by atoms with Crippen molar-refractivity contribution in [1.29, 1.82) is 0 Å². The van der Waals surface area contributed by atoms with Crippen LogP contribution in [0, 0.1) is 0 Å². The SMILES string of the molecule is FC(F)(F)c1nnc2ccc(Sc3nc(-c4ccccc4)cs3)nn12. The lowest BCUT2D eigenvalue weighted by atomic mass is 10.2. The summed E-state index contributed by atoms with van der Waals surface area (Å²) in [6.07, 6.45) is -4.61. The van der Waals surface area contributed by atoms with E-state index >= 15 is 0 Å². The van der Waals surface area contributed by atoms with Crippen LogP contribution in [0.1, 0.15) is 5.82 Å². The van der Waals surface area contributed by atoms with E-state index < -0.39 is 12.0 Å². The first-order chi connectivity index (χ1) is 12.0. The molecular weight excluding hydrogens is 371 g/mol. The molecule has 0 fully saturated rings. The molecule has 0 saturated carbocycles. The molecule has 0 aliphatic rings. The molecule has 25 heavy (non-hydrogen) atoms. The molecule has 0 spiro atoms. The minimum Gasteiger partial charge on any atom is -0.229 e. The van der Waals surface area contributed by atoms with Crippen molar-refractivity contribution in [2.24, 2.45) is 0 Å². The topological polar surface area (TPSA) is 56.0 Å². The zero-order valence-electron chi connectivity index (χ0n) is 12.3. The lowest BCUT2D eigenvalue weighted by Crippen LogP contribution is -2.12. The van der Waals surface area contributed by atoms with Gasteiger partial charge in [-0.2, -0.15) is 22.8 Å². The summed E-state index contributed by atoms with van der Waals surface area (Å²) in [5, 5.41) is 12.9. The van der Waals surface area contributed by atoms with Crippen LogP contribution in [0.5, 0.6) is 0 Å². The van der Waals surface area contributed by atoms with Gasteiger partial charge in [0, 0.05) is 10.9 Å². The Morgan fingerprint density at radius 1 is 1.00 bits per heavy atom. The minimum atomic E-state index is -4.61. The van der Waals surface area contributed by atoms with Gasteiger partial charge in [0.2, 0.25) is 0 Å². The average Bonchev–Trinajstić information content (AvgIpc) is 3.22. The predicted octanol–water partition coefficient (Wildman–Crippen LogP) is 4.42. The van der Waals surface area contributed by atoms with Gasteiger partial charge in [-0.25, -0.2) is 4.98 Å². The number of halogens is 3. The highest BCUT2D eigenvalue weighted by atomic mass is 32.2. The molecule has 126 valence electrons. The molecule has 10 heteroatoms. The Labute approximate surface area is 147 Å². The second-order valence-electron chi connectivity index (χ2n) is 4.93. The molecule has 3 aromatic heterocycles. The highest BCUT2D eigenvalue weighted by molar-refractivity contribution is 8.01. The second kappa shape index (κ2) is 6.12. The molecule has 4 rings (SSSR count). The molecule has 0 aliphatic carbocycles. The van der Waals surface area contributed by atoms with Gasteiger partial charge in [-0.3, -0.25) is 0 Å². The highest BCUT2D eigenvalue weighted by Crippen LogP contribution is 2.33. The van der Waals surface area contributed by atoms with Gasteiger partial charge < -0.3 is 0 Å². The van der Waals surface area contributed by atoms with Gasteiger partial charge in [0.05, 0.1) is 5.69 Å². The quantitative estimate of drug-likeness (QED) is 0.527. The number of nitrogens with zero attached hydrogens (tertiary/aromatic N) is 5. The molecule has 0 atom stereocenters. The fourth-order valence-corrected chi connectivity index (χ4v) is 3.87. The van der Waals surface area contributed by atoms with Crippen molar-refractivity contribution in [3.63, 3.8) is 0 Å². The van der Waals surface area contributed by atoms with Gasteiger partial charge in [0.25, 0.3) is 5.82 Å². The zero-order chi connectivity index (χ0) is 17.4. The third kappa shape index (κ3) is 3.22. The van der Waals surface area contributed by atoms with Crippen LogP contribution in [0.2, 0.25) is 0 Å². The monoisotopic (exact) mass is 379 g/mol. The lowest BCUT2D eigenvalue weighted by Gasteiger charge is -2.03. The van der Waals surface area contributed by atoms with E-state index in [4.69, 9.17) is 0 Å². The summed E-state index contributed by atoms with van der Waals surface area (Å²) in [6, 6.07) is 12.7. The van der Waals surface area contributed by atoms with Crippen LogP contribution in [-0.4, -0.2) is 24.8 Å². The molecule has 0 radical (unpaired) electrons. The standard InChI is InChI=1S/C15H8F3N5S2/c16-15(17,18)13-21-20-11-6-7-12(22-23(11)13)25-14-19-10(8-24-14)9-4-2-1-3-5-9/h1-8H. The number of rotatable bonds is 3. The predicted molar refractivity (Wildman–Crippen MR) is 87.5 cm³/mol. The van der Waals surface area contributed by atoms with E-state index in [0.29, 0.717) is 13.9 Å². The van der Waals surface area contributed by atoms with Gasteiger partial charge in [0.1, 0.15) is 5.03 Å². The van der Waals surface area contributed by atoms with Crippen LogP contribution < -0.4 is 0 Å². The summed E-state index contributed by atoms with van der Waals surface area (Å²) in [5.74, 6) is -1.14. The molecule has 0 bridgehead atoms. The third-order valence-corrected chi connectivity index (χ3v) is 5.10. The maximum absolute atomic E-state index is 12.9. The fraction of sp³-hybridized carbons (Fsp3) is 0.0667. The largest absolute Gasteiger partial charge is 0.453 e. The van der Waals surface area contributed by atoms with Crippen LogP contribution in [-0.2, 0) is 6.18 Å². The fourth-order valence-electron chi connectivity index (χ4n) is 2.14. The second-order valence-corrected chi connectivity index (χ2v) is 7.06. The van der Waals surface area contributed by atoms with Crippen molar-refractivity contribution in [3.05, 3.63) is 53.7 Å². The van der Waals surface area contributed by atoms with E-state index in [-0.39, 0.29) is 5.65 Å². The normalized spacial score (nSPS) is 12.0. The van der Waals surface area contributed by atoms with Crippen LogP contribution in [0.25, 0.3) is 16.9 Å². The van der Waals surface area contributed by atoms with Crippen molar-refractivity contribution in [1.82, 2.24) is 24.8 Å². The Morgan fingerprint density at radius 2 is 1.80 bits per heavy atom. The van der Waals surface area contributed by atoms with Gasteiger partial charge >= 0.3 is 6.18 Å². The summed E-state index contributed by atoms with van der Waals surface area (Å²) in [6.45, 7) is 0. The van der Waals surface area contributed by atoms with Crippen molar-refractivity contribution >= 4 is 28.7 Å². The Bertz CT molecular complexity index is 1030. The molecule has 1 aromatic carbocycles. The van der Waals surface area contributed by atoms with Crippen LogP contribution in [0.4, 0.5) is 13.2 Å². The first-order valence-corrected chi connectivity index (χ1v) is 8.69. The molecule has 0 unspecified atom stereocenters. The van der Waals surface area contributed by atoms with E-state index in [1.54, 1.807) is 6.07 Å². The minimum absolute atomic E-state index is 0.0424. The molecule has 0 aliphatic heterocycles. The molecule has 0 saturated heterocycles. The van der Waals surface area contributed by atoms with Gasteiger partial charge in [-0.05, 0) is 23.9 Å². The maximum Gasteiger partial charge on any atom is 0.453 e. The third-order valence-electron chi connectivity index (χ3n) is 3.24. The average molecular weight is 379 g/mol. The first-order valence-electron chi connectivity index (χ1n) is 6.99. The van der Waals surface area contributed by atoms with Crippen LogP contribution >= 0.6 is 23.1 Å². The van der Waals surface area contributed by atoms with E-state index in [1.807, 2.05) is 35.7 Å². The molecular formula is C15H8F3N5S2. The van der Waals surface area contributed by atoms with E-state index in [9.17, 15) is 13.2 Å². The number of hydrogen-bond donors (Lipinski definition) is 0. The van der Waals surface area contributed by atoms with Gasteiger partial charge in [0.15, 0.2) is 9.99 Å². The summed E-state index contributed by atoms with van der Waals surface area (Å²) in [7, 11) is 0. The summed E-state index contributed by atoms with van der Waals surface area (Å²) in [5.41, 5.74) is 1.84. The molecule has 0 N–H and O–H groups in total. The maximum atomic E-state index is 12.9. The Morgan fingerprint density at radius 3 is 2.56 bits per heavy atom. The first kappa shape index (κ1) is 16.0. The van der Waals surface area contributed by atoms with Crippen LogP contribution in [0.15, 0.2) is 57.2 Å². The zero-order valence-corrected chi connectivity index (χ0v) is 13.9. The Hall–Kier alpha value is -2.46. The summed E-state index contributed by atoms with van der Waals surface area (Å²) in [4.78, 5) is 4.49. The number of aromatic nitrogens is 5. The molecule has 3 heterocycles. The molecule has 5 nitrogen and oxygen atoms in total. The van der Waals surface area contributed by atoms with Crippen molar-refractivity contribution in [2.45, 2.75) is 15.5 Å². The smallest absolute Gasteiger partial charge is 0.229 e.